The van der Waals surface area contributed by atoms with Crippen LogP contribution in [-0.2, 0) is 13.6 Å². The van der Waals surface area contributed by atoms with E-state index >= 15 is 0 Å². The van der Waals surface area contributed by atoms with E-state index in [0.29, 0.717) is 0 Å². The third-order valence-corrected chi connectivity index (χ3v) is 3.54. The number of aromatic nitrogens is 2. The van der Waals surface area contributed by atoms with Crippen LogP contribution in [0.5, 0.6) is 0 Å². The maximum Gasteiger partial charge on any atom is 0.269 e. The standard InChI is InChI=1S/C14H18N4O2/c1-10(12-4-6-14(7-5-12)18(19)20)15-8-13-9-16-17(3)11(13)2/h4-7,9-10,15H,8H2,1-3H3. The normalized spacial score (nSPS) is 12.3. The minimum Gasteiger partial charge on any atom is -0.306 e. The van der Waals surface area contributed by atoms with Gasteiger partial charge in [-0.1, -0.05) is 12.1 Å². The van der Waals surface area contributed by atoms with E-state index in [1.54, 1.807) is 12.1 Å². The lowest BCUT2D eigenvalue weighted by molar-refractivity contribution is -0.384. The van der Waals surface area contributed by atoms with Gasteiger partial charge in [0.05, 0.1) is 11.1 Å². The molecule has 0 spiro atoms. The molecule has 0 bridgehead atoms. The van der Waals surface area contributed by atoms with Crippen LogP contribution in [-0.4, -0.2) is 14.7 Å². The van der Waals surface area contributed by atoms with Crippen LogP contribution in [0.1, 0.15) is 29.8 Å². The number of hydrogen-bond acceptors (Lipinski definition) is 4. The Morgan fingerprint density at radius 2 is 2.05 bits per heavy atom. The highest BCUT2D eigenvalue weighted by Crippen LogP contribution is 2.18. The summed E-state index contributed by atoms with van der Waals surface area (Å²) in [5.74, 6) is 0. The molecule has 106 valence electrons. The van der Waals surface area contributed by atoms with Gasteiger partial charge in [-0.3, -0.25) is 14.8 Å². The molecule has 0 amide bonds. The molecule has 0 radical (unpaired) electrons. The second-order valence-electron chi connectivity index (χ2n) is 4.83. The molecule has 0 aliphatic heterocycles. The zero-order valence-electron chi connectivity index (χ0n) is 11.8. The van der Waals surface area contributed by atoms with Gasteiger partial charge in [-0.2, -0.15) is 5.10 Å². The molecular weight excluding hydrogens is 256 g/mol. The summed E-state index contributed by atoms with van der Waals surface area (Å²) in [5.41, 5.74) is 3.43. The molecule has 1 aromatic heterocycles. The topological polar surface area (TPSA) is 73.0 Å². The molecule has 1 unspecified atom stereocenters. The first kappa shape index (κ1) is 14.2. The number of rotatable bonds is 5. The van der Waals surface area contributed by atoms with Crippen molar-refractivity contribution >= 4 is 5.69 Å². The first-order valence-electron chi connectivity index (χ1n) is 6.44. The van der Waals surface area contributed by atoms with Crippen LogP contribution in [0, 0.1) is 17.0 Å². The van der Waals surface area contributed by atoms with Crippen LogP contribution in [0.3, 0.4) is 0 Å². The highest BCUT2D eigenvalue weighted by Gasteiger charge is 2.10. The van der Waals surface area contributed by atoms with Gasteiger partial charge in [-0.25, -0.2) is 0 Å². The molecule has 1 N–H and O–H groups in total. The van der Waals surface area contributed by atoms with E-state index in [9.17, 15) is 10.1 Å². The van der Waals surface area contributed by atoms with Crippen molar-refractivity contribution in [1.29, 1.82) is 0 Å². The lowest BCUT2D eigenvalue weighted by atomic mass is 10.1. The third-order valence-electron chi connectivity index (χ3n) is 3.54. The average molecular weight is 274 g/mol. The van der Waals surface area contributed by atoms with E-state index in [2.05, 4.69) is 10.4 Å². The Morgan fingerprint density at radius 3 is 2.55 bits per heavy atom. The van der Waals surface area contributed by atoms with E-state index < -0.39 is 0 Å². The molecule has 0 fully saturated rings. The molecule has 1 atom stereocenters. The van der Waals surface area contributed by atoms with Crippen LogP contribution in [0.4, 0.5) is 5.69 Å². The summed E-state index contributed by atoms with van der Waals surface area (Å²) in [4.78, 5) is 10.2. The van der Waals surface area contributed by atoms with Crippen molar-refractivity contribution in [3.63, 3.8) is 0 Å². The Labute approximate surface area is 117 Å². The summed E-state index contributed by atoms with van der Waals surface area (Å²) in [6.07, 6.45) is 1.85. The smallest absolute Gasteiger partial charge is 0.269 e. The summed E-state index contributed by atoms with van der Waals surface area (Å²) in [7, 11) is 1.92. The molecule has 20 heavy (non-hydrogen) atoms. The van der Waals surface area contributed by atoms with E-state index in [4.69, 9.17) is 0 Å². The van der Waals surface area contributed by atoms with E-state index in [0.717, 1.165) is 23.4 Å². The molecule has 1 heterocycles. The van der Waals surface area contributed by atoms with Crippen LogP contribution in [0.15, 0.2) is 30.5 Å². The number of nitro groups is 1. The molecule has 2 rings (SSSR count). The van der Waals surface area contributed by atoms with Crippen molar-refractivity contribution in [3.8, 4) is 0 Å². The van der Waals surface area contributed by atoms with Gasteiger partial charge in [0.25, 0.3) is 5.69 Å². The van der Waals surface area contributed by atoms with Crippen molar-refractivity contribution in [3.05, 3.63) is 57.4 Å². The fraction of sp³-hybridized carbons (Fsp3) is 0.357. The highest BCUT2D eigenvalue weighted by atomic mass is 16.6. The van der Waals surface area contributed by atoms with Crippen molar-refractivity contribution in [2.75, 3.05) is 0 Å². The van der Waals surface area contributed by atoms with Crippen LogP contribution >= 0.6 is 0 Å². The van der Waals surface area contributed by atoms with E-state index in [-0.39, 0.29) is 16.7 Å². The first-order chi connectivity index (χ1) is 9.49. The van der Waals surface area contributed by atoms with Gasteiger partial charge in [-0.15, -0.1) is 0 Å². The second-order valence-corrected chi connectivity index (χ2v) is 4.83. The van der Waals surface area contributed by atoms with Gasteiger partial charge < -0.3 is 5.32 Å². The molecular formula is C14H18N4O2. The number of aryl methyl sites for hydroxylation is 1. The van der Waals surface area contributed by atoms with Crippen molar-refractivity contribution < 1.29 is 4.92 Å². The Kier molecular flexibility index (Phi) is 4.14. The van der Waals surface area contributed by atoms with Gasteiger partial charge in [0.2, 0.25) is 0 Å². The molecule has 0 aliphatic carbocycles. The average Bonchev–Trinajstić information content (AvgIpc) is 2.76. The number of nitrogens with zero attached hydrogens (tertiary/aromatic N) is 3. The van der Waals surface area contributed by atoms with Gasteiger partial charge in [0.1, 0.15) is 0 Å². The quantitative estimate of drug-likeness (QED) is 0.671. The number of nitrogens with one attached hydrogen (secondary N) is 1. The first-order valence-corrected chi connectivity index (χ1v) is 6.44. The second kappa shape index (κ2) is 5.83. The summed E-state index contributed by atoms with van der Waals surface area (Å²) < 4.78 is 1.84. The molecule has 6 nitrogen and oxygen atoms in total. The summed E-state index contributed by atoms with van der Waals surface area (Å²) >= 11 is 0. The predicted octanol–water partition coefficient (Wildman–Crippen LogP) is 2.49. The van der Waals surface area contributed by atoms with Crippen molar-refractivity contribution in [1.82, 2.24) is 15.1 Å². The number of non-ortho nitro benzene ring substituents is 1. The highest BCUT2D eigenvalue weighted by molar-refractivity contribution is 5.34. The van der Waals surface area contributed by atoms with Gasteiger partial charge in [0.15, 0.2) is 0 Å². The number of hydrogen-bond donors (Lipinski definition) is 1. The molecule has 1 aromatic carbocycles. The Bertz CT molecular complexity index is 604. The number of benzene rings is 1. The van der Waals surface area contributed by atoms with Crippen LogP contribution < -0.4 is 5.32 Å². The zero-order chi connectivity index (χ0) is 14.7. The fourth-order valence-corrected chi connectivity index (χ4v) is 1.98. The maximum atomic E-state index is 10.6. The van der Waals surface area contributed by atoms with Crippen LogP contribution in [0.2, 0.25) is 0 Å². The Morgan fingerprint density at radius 1 is 1.40 bits per heavy atom. The Balaban J connectivity index is 1.99. The van der Waals surface area contributed by atoms with Crippen molar-refractivity contribution in [2.45, 2.75) is 26.4 Å². The molecule has 0 aliphatic rings. The van der Waals surface area contributed by atoms with E-state index in [1.165, 1.54) is 12.1 Å². The minimum absolute atomic E-state index is 0.115. The third kappa shape index (κ3) is 3.03. The van der Waals surface area contributed by atoms with Gasteiger partial charge in [-0.05, 0) is 19.4 Å². The van der Waals surface area contributed by atoms with Gasteiger partial charge >= 0.3 is 0 Å². The van der Waals surface area contributed by atoms with Crippen molar-refractivity contribution in [2.24, 2.45) is 7.05 Å². The summed E-state index contributed by atoms with van der Waals surface area (Å²) in [5, 5.41) is 18.2. The molecule has 6 heteroatoms. The SMILES string of the molecule is Cc1c(CNC(C)c2ccc([N+](=O)[O-])cc2)cnn1C. The Hall–Kier alpha value is -2.21. The van der Waals surface area contributed by atoms with Crippen LogP contribution in [0.25, 0.3) is 0 Å². The minimum atomic E-state index is -0.388. The summed E-state index contributed by atoms with van der Waals surface area (Å²) in [6, 6.07) is 6.75. The summed E-state index contributed by atoms with van der Waals surface area (Å²) in [6.45, 7) is 4.78. The lowest BCUT2D eigenvalue weighted by Crippen LogP contribution is -2.18. The molecule has 0 saturated heterocycles. The maximum absolute atomic E-state index is 10.6. The van der Waals surface area contributed by atoms with Gasteiger partial charge in [0, 0.05) is 43.0 Å². The molecule has 0 saturated carbocycles. The predicted molar refractivity (Wildman–Crippen MR) is 76.3 cm³/mol. The van der Waals surface area contributed by atoms with E-state index in [1.807, 2.05) is 31.8 Å². The lowest BCUT2D eigenvalue weighted by Gasteiger charge is -2.14. The zero-order valence-corrected chi connectivity index (χ0v) is 11.8. The largest absolute Gasteiger partial charge is 0.306 e. The number of nitro benzene ring substituents is 1. The fourth-order valence-electron chi connectivity index (χ4n) is 1.98. The molecule has 2 aromatic rings. The monoisotopic (exact) mass is 274 g/mol.